The SMILES string of the molecule is CC(C)Cc1nc(C2CCC(C(C)C)CC2)sc1CN. The highest BCUT2D eigenvalue weighted by atomic mass is 32.1. The fraction of sp³-hybridized carbons (Fsp3) is 0.824. The topological polar surface area (TPSA) is 38.9 Å². The average molecular weight is 295 g/mol. The van der Waals surface area contributed by atoms with E-state index in [0.29, 0.717) is 18.4 Å². The van der Waals surface area contributed by atoms with Gasteiger partial charge in [0.1, 0.15) is 0 Å². The maximum atomic E-state index is 5.90. The van der Waals surface area contributed by atoms with Crippen LogP contribution in [0.1, 0.15) is 74.9 Å². The molecule has 3 heteroatoms. The highest BCUT2D eigenvalue weighted by Gasteiger charge is 2.27. The van der Waals surface area contributed by atoms with Crippen molar-refractivity contribution < 1.29 is 0 Å². The lowest BCUT2D eigenvalue weighted by Crippen LogP contribution is -2.17. The van der Waals surface area contributed by atoms with Gasteiger partial charge in [0.05, 0.1) is 10.7 Å². The smallest absolute Gasteiger partial charge is 0.0962 e. The Bertz CT molecular complexity index is 415. The minimum atomic E-state index is 0.654. The van der Waals surface area contributed by atoms with Gasteiger partial charge in [-0.15, -0.1) is 11.3 Å². The predicted molar refractivity (Wildman–Crippen MR) is 88.1 cm³/mol. The third-order valence-corrected chi connectivity index (χ3v) is 5.93. The van der Waals surface area contributed by atoms with Crippen molar-refractivity contribution in [3.05, 3.63) is 15.6 Å². The molecule has 1 aromatic heterocycles. The van der Waals surface area contributed by atoms with Crippen molar-refractivity contribution in [1.29, 1.82) is 0 Å². The third-order valence-electron chi connectivity index (χ3n) is 4.65. The molecule has 20 heavy (non-hydrogen) atoms. The van der Waals surface area contributed by atoms with Gasteiger partial charge in [0.25, 0.3) is 0 Å². The first-order chi connectivity index (χ1) is 9.51. The molecule has 1 aromatic rings. The van der Waals surface area contributed by atoms with Crippen molar-refractivity contribution in [1.82, 2.24) is 4.98 Å². The van der Waals surface area contributed by atoms with Gasteiger partial charge in [-0.2, -0.15) is 0 Å². The van der Waals surface area contributed by atoms with E-state index in [0.717, 1.165) is 18.3 Å². The second-order valence-electron chi connectivity index (χ2n) is 7.08. The zero-order valence-corrected chi connectivity index (χ0v) is 14.3. The van der Waals surface area contributed by atoms with E-state index in [1.807, 2.05) is 11.3 Å². The molecule has 0 bridgehead atoms. The van der Waals surface area contributed by atoms with Crippen molar-refractivity contribution >= 4 is 11.3 Å². The van der Waals surface area contributed by atoms with E-state index in [1.54, 1.807) is 0 Å². The zero-order valence-electron chi connectivity index (χ0n) is 13.5. The van der Waals surface area contributed by atoms with E-state index in [-0.39, 0.29) is 0 Å². The van der Waals surface area contributed by atoms with E-state index in [9.17, 15) is 0 Å². The number of thiazole rings is 1. The monoisotopic (exact) mass is 294 g/mol. The molecule has 0 atom stereocenters. The van der Waals surface area contributed by atoms with Gasteiger partial charge in [0, 0.05) is 17.3 Å². The van der Waals surface area contributed by atoms with Gasteiger partial charge >= 0.3 is 0 Å². The highest BCUT2D eigenvalue weighted by molar-refractivity contribution is 7.11. The number of hydrogen-bond donors (Lipinski definition) is 1. The Morgan fingerprint density at radius 3 is 2.30 bits per heavy atom. The van der Waals surface area contributed by atoms with Crippen LogP contribution in [0.5, 0.6) is 0 Å². The van der Waals surface area contributed by atoms with Crippen LogP contribution < -0.4 is 5.73 Å². The molecular formula is C17H30N2S. The minimum absolute atomic E-state index is 0.654. The maximum Gasteiger partial charge on any atom is 0.0962 e. The van der Waals surface area contributed by atoms with Crippen LogP contribution in [0.2, 0.25) is 0 Å². The van der Waals surface area contributed by atoms with E-state index in [1.165, 1.54) is 41.3 Å². The molecule has 1 aliphatic carbocycles. The summed E-state index contributed by atoms with van der Waals surface area (Å²) >= 11 is 1.88. The fourth-order valence-electron chi connectivity index (χ4n) is 3.32. The Kier molecular flexibility index (Phi) is 5.62. The van der Waals surface area contributed by atoms with Gasteiger partial charge in [-0.05, 0) is 49.9 Å². The summed E-state index contributed by atoms with van der Waals surface area (Å²) in [6, 6.07) is 0. The molecule has 0 aromatic carbocycles. The van der Waals surface area contributed by atoms with Crippen LogP contribution in [0, 0.1) is 17.8 Å². The summed E-state index contributed by atoms with van der Waals surface area (Å²) in [7, 11) is 0. The Morgan fingerprint density at radius 1 is 1.15 bits per heavy atom. The average Bonchev–Trinajstić information content (AvgIpc) is 2.81. The first-order valence-corrected chi connectivity index (χ1v) is 9.01. The Morgan fingerprint density at radius 2 is 1.80 bits per heavy atom. The summed E-state index contributed by atoms with van der Waals surface area (Å²) in [5.74, 6) is 3.12. The van der Waals surface area contributed by atoms with E-state index in [4.69, 9.17) is 10.7 Å². The quantitative estimate of drug-likeness (QED) is 0.852. The third kappa shape index (κ3) is 3.82. The summed E-state index contributed by atoms with van der Waals surface area (Å²) < 4.78 is 0. The molecule has 0 aliphatic heterocycles. The number of nitrogens with two attached hydrogens (primary N) is 1. The first kappa shape index (κ1) is 16.0. The molecule has 2 rings (SSSR count). The predicted octanol–water partition coefficient (Wildman–Crippen LogP) is 4.73. The van der Waals surface area contributed by atoms with Gasteiger partial charge in [0.2, 0.25) is 0 Å². The first-order valence-electron chi connectivity index (χ1n) is 8.19. The lowest BCUT2D eigenvalue weighted by atomic mass is 9.77. The molecule has 1 heterocycles. The number of hydrogen-bond acceptors (Lipinski definition) is 3. The molecule has 0 amide bonds. The highest BCUT2D eigenvalue weighted by Crippen LogP contribution is 2.40. The molecule has 2 nitrogen and oxygen atoms in total. The number of nitrogens with zero attached hydrogens (tertiary/aromatic N) is 1. The second kappa shape index (κ2) is 7.04. The molecular weight excluding hydrogens is 264 g/mol. The van der Waals surface area contributed by atoms with Crippen LogP contribution in [0.4, 0.5) is 0 Å². The van der Waals surface area contributed by atoms with Crippen molar-refractivity contribution in [2.24, 2.45) is 23.5 Å². The lowest BCUT2D eigenvalue weighted by molar-refractivity contribution is 0.258. The normalized spacial score (nSPS) is 23.8. The minimum Gasteiger partial charge on any atom is -0.326 e. The summed E-state index contributed by atoms with van der Waals surface area (Å²) in [4.78, 5) is 6.27. The zero-order chi connectivity index (χ0) is 14.7. The molecule has 0 spiro atoms. The molecule has 1 saturated carbocycles. The number of aromatic nitrogens is 1. The van der Waals surface area contributed by atoms with E-state index in [2.05, 4.69) is 27.7 Å². The van der Waals surface area contributed by atoms with Crippen LogP contribution >= 0.6 is 11.3 Å². The van der Waals surface area contributed by atoms with Crippen molar-refractivity contribution in [2.75, 3.05) is 0 Å². The van der Waals surface area contributed by atoms with Crippen LogP contribution in [0.3, 0.4) is 0 Å². The van der Waals surface area contributed by atoms with Gasteiger partial charge in [-0.25, -0.2) is 4.98 Å². The van der Waals surface area contributed by atoms with Crippen LogP contribution in [-0.4, -0.2) is 4.98 Å². The van der Waals surface area contributed by atoms with Crippen molar-refractivity contribution in [2.45, 2.75) is 72.3 Å². The van der Waals surface area contributed by atoms with Gasteiger partial charge in [0.15, 0.2) is 0 Å². The summed E-state index contributed by atoms with van der Waals surface area (Å²) in [6.07, 6.45) is 6.46. The van der Waals surface area contributed by atoms with Crippen LogP contribution in [0.15, 0.2) is 0 Å². The molecule has 2 N–H and O–H groups in total. The van der Waals surface area contributed by atoms with Crippen molar-refractivity contribution in [3.8, 4) is 0 Å². The summed E-state index contributed by atoms with van der Waals surface area (Å²) in [5.41, 5.74) is 7.17. The summed E-state index contributed by atoms with van der Waals surface area (Å²) in [6.45, 7) is 9.89. The molecule has 114 valence electrons. The molecule has 0 radical (unpaired) electrons. The Labute approximate surface area is 128 Å². The van der Waals surface area contributed by atoms with Crippen molar-refractivity contribution in [3.63, 3.8) is 0 Å². The molecule has 0 saturated heterocycles. The van der Waals surface area contributed by atoms with Crippen LogP contribution in [-0.2, 0) is 13.0 Å². The number of rotatable bonds is 5. The van der Waals surface area contributed by atoms with E-state index >= 15 is 0 Å². The second-order valence-corrected chi connectivity index (χ2v) is 8.19. The molecule has 1 aliphatic rings. The largest absolute Gasteiger partial charge is 0.326 e. The fourth-order valence-corrected chi connectivity index (χ4v) is 4.46. The van der Waals surface area contributed by atoms with Gasteiger partial charge in [-0.3, -0.25) is 0 Å². The lowest BCUT2D eigenvalue weighted by Gasteiger charge is -2.29. The van der Waals surface area contributed by atoms with Gasteiger partial charge < -0.3 is 5.73 Å². The van der Waals surface area contributed by atoms with E-state index < -0.39 is 0 Å². The Balaban J connectivity index is 2.04. The van der Waals surface area contributed by atoms with Gasteiger partial charge in [-0.1, -0.05) is 27.7 Å². The molecule has 0 unspecified atom stereocenters. The maximum absolute atomic E-state index is 5.90. The van der Waals surface area contributed by atoms with Crippen LogP contribution in [0.25, 0.3) is 0 Å². The Hall–Kier alpha value is -0.410. The summed E-state index contributed by atoms with van der Waals surface area (Å²) in [5, 5.41) is 1.36. The standard InChI is InChI=1S/C17H30N2S/c1-11(2)9-15-16(10-18)20-17(19-15)14-7-5-13(6-8-14)12(3)4/h11-14H,5-10,18H2,1-4H3. The molecule has 1 fully saturated rings.